The van der Waals surface area contributed by atoms with Gasteiger partial charge in [-0.15, -0.1) is 0 Å². The smallest absolute Gasteiger partial charge is 0.340 e. The van der Waals surface area contributed by atoms with E-state index >= 15 is 0 Å². The minimum absolute atomic E-state index is 0.0749. The maximum atomic E-state index is 11.2. The SMILES string of the molecule is CCc1nn(-c2ccc(N(C)C)cc2)c(Cl)c1C(=O)O. The lowest BCUT2D eigenvalue weighted by Gasteiger charge is -2.12. The van der Waals surface area contributed by atoms with Crippen LogP contribution in [0.15, 0.2) is 24.3 Å². The number of carboxylic acids is 1. The number of halogens is 1. The zero-order valence-corrected chi connectivity index (χ0v) is 12.3. The first kappa shape index (κ1) is 14.4. The molecule has 0 bridgehead atoms. The fourth-order valence-electron chi connectivity index (χ4n) is 1.96. The topological polar surface area (TPSA) is 58.4 Å². The van der Waals surface area contributed by atoms with Gasteiger partial charge in [0.15, 0.2) is 0 Å². The van der Waals surface area contributed by atoms with Crippen molar-refractivity contribution in [2.24, 2.45) is 0 Å². The van der Waals surface area contributed by atoms with E-state index in [0.29, 0.717) is 12.1 Å². The molecular weight excluding hydrogens is 278 g/mol. The summed E-state index contributed by atoms with van der Waals surface area (Å²) in [6.07, 6.45) is 0.518. The Hall–Kier alpha value is -2.01. The number of benzene rings is 1. The summed E-state index contributed by atoms with van der Waals surface area (Å²) in [5, 5.41) is 13.6. The Morgan fingerprint density at radius 2 is 1.95 bits per heavy atom. The van der Waals surface area contributed by atoms with Gasteiger partial charge in [0, 0.05) is 19.8 Å². The van der Waals surface area contributed by atoms with Crippen molar-refractivity contribution in [1.82, 2.24) is 9.78 Å². The second kappa shape index (κ2) is 5.54. The maximum Gasteiger partial charge on any atom is 0.340 e. The van der Waals surface area contributed by atoms with Crippen molar-refractivity contribution in [1.29, 1.82) is 0 Å². The Kier molecular flexibility index (Phi) is 3.99. The first-order valence-electron chi connectivity index (χ1n) is 6.24. The number of aromatic nitrogens is 2. The molecule has 0 aliphatic carbocycles. The van der Waals surface area contributed by atoms with Crippen LogP contribution >= 0.6 is 11.6 Å². The van der Waals surface area contributed by atoms with E-state index in [0.717, 1.165) is 11.4 Å². The van der Waals surface area contributed by atoms with Crippen LogP contribution in [0.3, 0.4) is 0 Å². The molecule has 0 aliphatic heterocycles. The van der Waals surface area contributed by atoms with Crippen molar-refractivity contribution in [3.8, 4) is 5.69 Å². The molecule has 106 valence electrons. The van der Waals surface area contributed by atoms with Gasteiger partial charge in [-0.05, 0) is 30.7 Å². The van der Waals surface area contributed by atoms with Crippen molar-refractivity contribution in [2.75, 3.05) is 19.0 Å². The van der Waals surface area contributed by atoms with Crippen LogP contribution in [0.2, 0.25) is 5.15 Å². The number of carboxylic acid groups (broad SMARTS) is 1. The van der Waals surface area contributed by atoms with E-state index in [1.165, 1.54) is 4.68 Å². The number of anilines is 1. The third-order valence-electron chi connectivity index (χ3n) is 3.06. The fraction of sp³-hybridized carbons (Fsp3) is 0.286. The molecule has 2 aromatic rings. The van der Waals surface area contributed by atoms with E-state index < -0.39 is 5.97 Å². The number of hydrogen-bond acceptors (Lipinski definition) is 3. The van der Waals surface area contributed by atoms with E-state index in [2.05, 4.69) is 5.10 Å². The average Bonchev–Trinajstić information content (AvgIpc) is 2.75. The van der Waals surface area contributed by atoms with Crippen molar-refractivity contribution >= 4 is 23.3 Å². The number of rotatable bonds is 4. The number of hydrogen-bond donors (Lipinski definition) is 1. The molecule has 2 rings (SSSR count). The van der Waals surface area contributed by atoms with Crippen molar-refractivity contribution in [3.63, 3.8) is 0 Å². The van der Waals surface area contributed by atoms with Crippen LogP contribution < -0.4 is 4.90 Å². The van der Waals surface area contributed by atoms with Crippen LogP contribution in [0.25, 0.3) is 5.69 Å². The largest absolute Gasteiger partial charge is 0.478 e. The van der Waals surface area contributed by atoms with Gasteiger partial charge >= 0.3 is 5.97 Å². The molecule has 0 spiro atoms. The van der Waals surface area contributed by atoms with Gasteiger partial charge in [-0.2, -0.15) is 5.10 Å². The Morgan fingerprint density at radius 3 is 2.35 bits per heavy atom. The summed E-state index contributed by atoms with van der Waals surface area (Å²) in [5.41, 5.74) is 2.35. The lowest BCUT2D eigenvalue weighted by Crippen LogP contribution is -2.08. The lowest BCUT2D eigenvalue weighted by atomic mass is 10.2. The molecule has 1 aromatic heterocycles. The Bertz CT molecular complexity index is 633. The van der Waals surface area contributed by atoms with E-state index in [-0.39, 0.29) is 10.7 Å². The highest BCUT2D eigenvalue weighted by Gasteiger charge is 2.21. The highest BCUT2D eigenvalue weighted by Crippen LogP contribution is 2.25. The molecule has 1 heterocycles. The molecular formula is C14H16ClN3O2. The molecule has 20 heavy (non-hydrogen) atoms. The summed E-state index contributed by atoms with van der Waals surface area (Å²) < 4.78 is 1.46. The summed E-state index contributed by atoms with van der Waals surface area (Å²) >= 11 is 6.15. The second-order valence-electron chi connectivity index (χ2n) is 4.59. The van der Waals surface area contributed by atoms with Crippen LogP contribution in [0.5, 0.6) is 0 Å². The predicted molar refractivity (Wildman–Crippen MR) is 79.2 cm³/mol. The molecule has 1 aromatic carbocycles. The first-order chi connectivity index (χ1) is 9.45. The summed E-state index contributed by atoms with van der Waals surface area (Å²) in [6, 6.07) is 7.58. The molecule has 5 nitrogen and oxygen atoms in total. The van der Waals surface area contributed by atoms with Crippen molar-refractivity contribution in [2.45, 2.75) is 13.3 Å². The molecule has 6 heteroatoms. The minimum Gasteiger partial charge on any atom is -0.478 e. The standard InChI is InChI=1S/C14H16ClN3O2/c1-4-11-12(14(19)20)13(15)18(16-11)10-7-5-9(6-8-10)17(2)3/h5-8H,4H2,1-3H3,(H,19,20). The average molecular weight is 294 g/mol. The van der Waals surface area contributed by atoms with Gasteiger partial charge in [-0.1, -0.05) is 18.5 Å². The van der Waals surface area contributed by atoms with Crippen LogP contribution in [-0.2, 0) is 6.42 Å². The zero-order valence-electron chi connectivity index (χ0n) is 11.6. The van der Waals surface area contributed by atoms with E-state index in [1.54, 1.807) is 0 Å². The van der Waals surface area contributed by atoms with E-state index in [9.17, 15) is 9.90 Å². The van der Waals surface area contributed by atoms with Gasteiger partial charge in [-0.3, -0.25) is 0 Å². The molecule has 0 unspecified atom stereocenters. The monoisotopic (exact) mass is 293 g/mol. The molecule has 0 saturated heterocycles. The number of carbonyl (C=O) groups is 1. The second-order valence-corrected chi connectivity index (χ2v) is 4.95. The number of aryl methyl sites for hydroxylation is 1. The highest BCUT2D eigenvalue weighted by atomic mass is 35.5. The Labute approximate surface area is 122 Å². The third kappa shape index (κ3) is 2.49. The normalized spacial score (nSPS) is 10.6. The first-order valence-corrected chi connectivity index (χ1v) is 6.62. The Balaban J connectivity index is 2.50. The zero-order chi connectivity index (χ0) is 14.9. The molecule has 0 radical (unpaired) electrons. The van der Waals surface area contributed by atoms with Crippen LogP contribution in [-0.4, -0.2) is 35.0 Å². The van der Waals surface area contributed by atoms with Gasteiger partial charge in [0.05, 0.1) is 11.4 Å². The maximum absolute atomic E-state index is 11.2. The highest BCUT2D eigenvalue weighted by molar-refractivity contribution is 6.32. The van der Waals surface area contributed by atoms with Crippen LogP contribution in [0.4, 0.5) is 5.69 Å². The molecule has 1 N–H and O–H groups in total. The third-order valence-corrected chi connectivity index (χ3v) is 3.41. The molecule has 0 atom stereocenters. The van der Waals surface area contributed by atoms with Crippen molar-refractivity contribution < 1.29 is 9.90 Å². The summed E-state index contributed by atoms with van der Waals surface area (Å²) in [5.74, 6) is -1.05. The molecule has 0 amide bonds. The summed E-state index contributed by atoms with van der Waals surface area (Å²) in [7, 11) is 3.90. The van der Waals surface area contributed by atoms with Crippen LogP contribution in [0.1, 0.15) is 23.0 Å². The Morgan fingerprint density at radius 1 is 1.35 bits per heavy atom. The van der Waals surface area contributed by atoms with Gasteiger partial charge in [-0.25, -0.2) is 9.48 Å². The van der Waals surface area contributed by atoms with Gasteiger partial charge < -0.3 is 10.0 Å². The number of nitrogens with zero attached hydrogens (tertiary/aromatic N) is 3. The van der Waals surface area contributed by atoms with Gasteiger partial charge in [0.1, 0.15) is 10.7 Å². The minimum atomic E-state index is -1.05. The predicted octanol–water partition coefficient (Wildman–Crippen LogP) is 2.85. The van der Waals surface area contributed by atoms with Crippen molar-refractivity contribution in [3.05, 3.63) is 40.7 Å². The molecule has 0 aliphatic rings. The molecule has 0 fully saturated rings. The summed E-state index contributed by atoms with van der Waals surface area (Å²) in [4.78, 5) is 13.2. The fourth-order valence-corrected chi connectivity index (χ4v) is 2.29. The number of aromatic carboxylic acids is 1. The van der Waals surface area contributed by atoms with E-state index in [1.807, 2.05) is 50.2 Å². The summed E-state index contributed by atoms with van der Waals surface area (Å²) in [6.45, 7) is 1.85. The van der Waals surface area contributed by atoms with Crippen LogP contribution in [0, 0.1) is 0 Å². The van der Waals surface area contributed by atoms with Gasteiger partial charge in [0.25, 0.3) is 0 Å². The quantitative estimate of drug-likeness (QED) is 0.942. The van der Waals surface area contributed by atoms with Gasteiger partial charge in [0.2, 0.25) is 0 Å². The molecule has 0 saturated carbocycles. The lowest BCUT2D eigenvalue weighted by molar-refractivity contribution is 0.0696. The van der Waals surface area contributed by atoms with E-state index in [4.69, 9.17) is 11.6 Å².